The zero-order chi connectivity index (χ0) is 17.0. The second-order valence-electron chi connectivity index (χ2n) is 5.96. The van der Waals surface area contributed by atoms with Crippen LogP contribution in [-0.2, 0) is 24.3 Å². The molecule has 1 amide bonds. The molecule has 0 bridgehead atoms. The summed E-state index contributed by atoms with van der Waals surface area (Å²) in [6, 6.07) is -0.480. The first-order valence-corrected chi connectivity index (χ1v) is 9.54. The van der Waals surface area contributed by atoms with Gasteiger partial charge in [-0.15, -0.1) is 0 Å². The van der Waals surface area contributed by atoms with E-state index in [9.17, 15) is 18.0 Å². The summed E-state index contributed by atoms with van der Waals surface area (Å²) in [5.41, 5.74) is 0. The number of hydrogen-bond acceptors (Lipinski definition) is 5. The third-order valence-corrected chi connectivity index (χ3v) is 6.26. The second-order valence-corrected chi connectivity index (χ2v) is 8.21. The van der Waals surface area contributed by atoms with Crippen LogP contribution in [0, 0.1) is 5.92 Å². The van der Waals surface area contributed by atoms with Gasteiger partial charge in [0.1, 0.15) is 0 Å². The molecule has 2 aliphatic heterocycles. The number of rotatable bonds is 5. The molecule has 0 aromatic heterocycles. The van der Waals surface area contributed by atoms with Gasteiger partial charge in [-0.25, -0.2) is 12.7 Å². The first kappa shape index (κ1) is 18.2. The summed E-state index contributed by atoms with van der Waals surface area (Å²) in [5, 5.41) is 8.98. The van der Waals surface area contributed by atoms with E-state index < -0.39 is 28.0 Å². The van der Waals surface area contributed by atoms with Crippen LogP contribution in [0.5, 0.6) is 0 Å². The number of aliphatic carboxylic acids is 1. The Morgan fingerprint density at radius 1 is 1.30 bits per heavy atom. The van der Waals surface area contributed by atoms with Crippen LogP contribution in [0.1, 0.15) is 26.2 Å². The number of amides is 1. The zero-order valence-corrected chi connectivity index (χ0v) is 14.1. The van der Waals surface area contributed by atoms with Gasteiger partial charge in [0, 0.05) is 19.6 Å². The van der Waals surface area contributed by atoms with Crippen LogP contribution in [0.4, 0.5) is 0 Å². The number of carbonyl (C=O) groups is 2. The van der Waals surface area contributed by atoms with Crippen molar-refractivity contribution in [2.45, 2.75) is 32.2 Å². The molecule has 0 aromatic carbocycles. The van der Waals surface area contributed by atoms with E-state index in [0.29, 0.717) is 32.5 Å². The standard InChI is InChI=1S/C14H24N2O6S/c1-2-23(20,21)15-5-3-4-11(9-15)14(19)16-6-7-22-10-12(16)8-13(17)18/h11-12H,2-10H2,1H3,(H,17,18). The van der Waals surface area contributed by atoms with E-state index in [1.54, 1.807) is 11.8 Å². The van der Waals surface area contributed by atoms with Gasteiger partial charge in [0.2, 0.25) is 15.9 Å². The summed E-state index contributed by atoms with van der Waals surface area (Å²) in [5.74, 6) is -1.51. The summed E-state index contributed by atoms with van der Waals surface area (Å²) in [6.07, 6.45) is 1.12. The summed E-state index contributed by atoms with van der Waals surface area (Å²) < 4.78 is 30.7. The first-order valence-electron chi connectivity index (χ1n) is 7.93. The number of sulfonamides is 1. The minimum atomic E-state index is -3.31. The molecular weight excluding hydrogens is 324 g/mol. The number of carboxylic acid groups (broad SMARTS) is 1. The zero-order valence-electron chi connectivity index (χ0n) is 13.3. The van der Waals surface area contributed by atoms with Gasteiger partial charge in [0.25, 0.3) is 0 Å². The van der Waals surface area contributed by atoms with Crippen molar-refractivity contribution in [2.24, 2.45) is 5.92 Å². The highest BCUT2D eigenvalue weighted by atomic mass is 32.2. The van der Waals surface area contributed by atoms with E-state index in [1.165, 1.54) is 4.31 Å². The normalized spacial score (nSPS) is 26.9. The predicted molar refractivity (Wildman–Crippen MR) is 82.3 cm³/mol. The Labute approximate surface area is 136 Å². The van der Waals surface area contributed by atoms with Crippen LogP contribution < -0.4 is 0 Å². The lowest BCUT2D eigenvalue weighted by atomic mass is 9.96. The van der Waals surface area contributed by atoms with E-state index in [2.05, 4.69) is 0 Å². The summed E-state index contributed by atoms with van der Waals surface area (Å²) in [6.45, 7) is 3.17. The van der Waals surface area contributed by atoms with E-state index >= 15 is 0 Å². The molecule has 0 aliphatic carbocycles. The molecule has 1 N–H and O–H groups in total. The lowest BCUT2D eigenvalue weighted by Gasteiger charge is -2.39. The van der Waals surface area contributed by atoms with Gasteiger partial charge in [0.05, 0.1) is 37.3 Å². The van der Waals surface area contributed by atoms with Crippen molar-refractivity contribution in [3.05, 3.63) is 0 Å². The third kappa shape index (κ3) is 4.42. The Balaban J connectivity index is 2.07. The topological polar surface area (TPSA) is 104 Å². The molecular formula is C14H24N2O6S. The van der Waals surface area contributed by atoms with Crippen molar-refractivity contribution in [1.29, 1.82) is 0 Å². The van der Waals surface area contributed by atoms with Crippen LogP contribution in [-0.4, -0.2) is 79.2 Å². The van der Waals surface area contributed by atoms with Crippen molar-refractivity contribution in [3.63, 3.8) is 0 Å². The Kier molecular flexibility index (Phi) is 5.99. The molecule has 2 atom stereocenters. The predicted octanol–water partition coefficient (Wildman–Crippen LogP) is -0.250. The fourth-order valence-electron chi connectivity index (χ4n) is 3.13. The lowest BCUT2D eigenvalue weighted by Crippen LogP contribution is -2.54. The fourth-order valence-corrected chi connectivity index (χ4v) is 4.31. The number of hydrogen-bond donors (Lipinski definition) is 1. The Bertz CT molecular complexity index is 549. The molecule has 0 saturated carbocycles. The largest absolute Gasteiger partial charge is 0.481 e. The third-order valence-electron chi connectivity index (χ3n) is 4.41. The van der Waals surface area contributed by atoms with Gasteiger partial charge in [0.15, 0.2) is 0 Å². The molecule has 2 rings (SSSR count). The number of morpholine rings is 1. The van der Waals surface area contributed by atoms with Crippen LogP contribution in [0.3, 0.4) is 0 Å². The van der Waals surface area contributed by atoms with Gasteiger partial charge in [-0.2, -0.15) is 0 Å². The van der Waals surface area contributed by atoms with Gasteiger partial charge in [-0.05, 0) is 19.8 Å². The van der Waals surface area contributed by atoms with Crippen molar-refractivity contribution in [3.8, 4) is 0 Å². The van der Waals surface area contributed by atoms with Gasteiger partial charge >= 0.3 is 5.97 Å². The van der Waals surface area contributed by atoms with Crippen molar-refractivity contribution in [2.75, 3.05) is 38.6 Å². The maximum Gasteiger partial charge on any atom is 0.305 e. The van der Waals surface area contributed by atoms with Gasteiger partial charge in [-0.3, -0.25) is 9.59 Å². The van der Waals surface area contributed by atoms with E-state index in [4.69, 9.17) is 9.84 Å². The smallest absolute Gasteiger partial charge is 0.305 e. The highest BCUT2D eigenvalue weighted by Crippen LogP contribution is 2.24. The van der Waals surface area contributed by atoms with E-state index in [-0.39, 0.29) is 31.2 Å². The number of nitrogens with zero attached hydrogens (tertiary/aromatic N) is 2. The highest BCUT2D eigenvalue weighted by molar-refractivity contribution is 7.89. The summed E-state index contributed by atoms with van der Waals surface area (Å²) in [4.78, 5) is 25.3. The molecule has 2 heterocycles. The lowest BCUT2D eigenvalue weighted by molar-refractivity contribution is -0.149. The number of carboxylic acids is 1. The van der Waals surface area contributed by atoms with Crippen LogP contribution in [0.2, 0.25) is 0 Å². The fraction of sp³-hybridized carbons (Fsp3) is 0.857. The second kappa shape index (κ2) is 7.59. The van der Waals surface area contributed by atoms with Crippen LogP contribution >= 0.6 is 0 Å². The molecule has 0 spiro atoms. The van der Waals surface area contributed by atoms with Gasteiger partial charge in [-0.1, -0.05) is 0 Å². The molecule has 2 aliphatic rings. The van der Waals surface area contributed by atoms with Crippen LogP contribution in [0.15, 0.2) is 0 Å². The minimum absolute atomic E-state index is 0.0209. The van der Waals surface area contributed by atoms with Crippen molar-refractivity contribution < 1.29 is 27.9 Å². The monoisotopic (exact) mass is 348 g/mol. The highest BCUT2D eigenvalue weighted by Gasteiger charge is 2.37. The van der Waals surface area contributed by atoms with E-state index in [1.807, 2.05) is 0 Å². The minimum Gasteiger partial charge on any atom is -0.481 e. The summed E-state index contributed by atoms with van der Waals surface area (Å²) in [7, 11) is -3.31. The van der Waals surface area contributed by atoms with E-state index in [0.717, 1.165) is 0 Å². The molecule has 8 nitrogen and oxygen atoms in total. The quantitative estimate of drug-likeness (QED) is 0.735. The molecule has 2 unspecified atom stereocenters. The Morgan fingerprint density at radius 2 is 2.04 bits per heavy atom. The van der Waals surface area contributed by atoms with Gasteiger partial charge < -0.3 is 14.7 Å². The van der Waals surface area contributed by atoms with Crippen molar-refractivity contribution >= 4 is 21.9 Å². The average Bonchev–Trinajstić information content (AvgIpc) is 2.54. The van der Waals surface area contributed by atoms with Crippen molar-refractivity contribution in [1.82, 2.24) is 9.21 Å². The molecule has 2 saturated heterocycles. The number of ether oxygens (including phenoxy) is 1. The first-order chi connectivity index (χ1) is 10.8. The molecule has 132 valence electrons. The molecule has 2 fully saturated rings. The molecule has 0 aromatic rings. The molecule has 9 heteroatoms. The number of piperidine rings is 1. The Morgan fingerprint density at radius 3 is 2.70 bits per heavy atom. The maximum atomic E-state index is 12.8. The van der Waals surface area contributed by atoms with Crippen LogP contribution in [0.25, 0.3) is 0 Å². The summed E-state index contributed by atoms with van der Waals surface area (Å²) >= 11 is 0. The average molecular weight is 348 g/mol. The molecule has 0 radical (unpaired) electrons. The molecule has 23 heavy (non-hydrogen) atoms. The Hall–Kier alpha value is -1.19. The SMILES string of the molecule is CCS(=O)(=O)N1CCCC(C(=O)N2CCOCC2CC(=O)O)C1. The maximum absolute atomic E-state index is 12.8. The number of carbonyl (C=O) groups excluding carboxylic acids is 1.